The predicted molar refractivity (Wildman–Crippen MR) is 78.5 cm³/mol. The zero-order valence-corrected chi connectivity index (χ0v) is 13.2. The Morgan fingerprint density at radius 1 is 1.11 bits per heavy atom. The molecule has 0 aromatic carbocycles. The Morgan fingerprint density at radius 2 is 1.72 bits per heavy atom. The Hall–Kier alpha value is -0.590. The maximum Gasteiger partial charge on any atom is 0.0683 e. The van der Waals surface area contributed by atoms with Crippen molar-refractivity contribution in [2.24, 2.45) is 11.3 Å². The van der Waals surface area contributed by atoms with E-state index in [4.69, 9.17) is 5.26 Å². The van der Waals surface area contributed by atoms with Crippen molar-refractivity contribution >= 4 is 0 Å². The van der Waals surface area contributed by atoms with E-state index in [0.717, 1.165) is 39.0 Å². The van der Waals surface area contributed by atoms with Crippen molar-refractivity contribution in [3.05, 3.63) is 0 Å². The van der Waals surface area contributed by atoms with E-state index in [2.05, 4.69) is 43.8 Å². The molecule has 0 aromatic rings. The van der Waals surface area contributed by atoms with E-state index in [1.165, 1.54) is 0 Å². The summed E-state index contributed by atoms with van der Waals surface area (Å²) in [5.74, 6) is 0.705. The molecule has 0 rings (SSSR count). The molecule has 0 saturated heterocycles. The molecule has 0 N–H and O–H groups in total. The molecule has 0 aliphatic rings. The summed E-state index contributed by atoms with van der Waals surface area (Å²) in [6.45, 7) is 13.1. The average Bonchev–Trinajstić information content (AvgIpc) is 2.24. The summed E-state index contributed by atoms with van der Waals surface area (Å²) in [5, 5.41) is 9.01. The van der Waals surface area contributed by atoms with Gasteiger partial charge >= 0.3 is 0 Å². The van der Waals surface area contributed by atoms with Crippen LogP contribution in [-0.2, 0) is 0 Å². The van der Waals surface area contributed by atoms with Crippen molar-refractivity contribution in [1.82, 2.24) is 9.80 Å². The standard InChI is InChI=1S/C15H31N3/c1-14(2)12-18(11-10-17(5)6)9-7-8-15(3,4)13-16/h14H,7-12H2,1-6H3. The van der Waals surface area contributed by atoms with Crippen LogP contribution in [0.25, 0.3) is 0 Å². The lowest BCUT2D eigenvalue weighted by atomic mass is 9.90. The van der Waals surface area contributed by atoms with Gasteiger partial charge in [0.15, 0.2) is 0 Å². The number of nitrogens with zero attached hydrogens (tertiary/aromatic N) is 3. The second kappa shape index (κ2) is 8.50. The molecule has 0 aromatic heterocycles. The fourth-order valence-corrected chi connectivity index (χ4v) is 1.95. The van der Waals surface area contributed by atoms with Gasteiger partial charge in [-0.05, 0) is 53.2 Å². The van der Waals surface area contributed by atoms with Crippen LogP contribution in [0.15, 0.2) is 0 Å². The highest BCUT2D eigenvalue weighted by Crippen LogP contribution is 2.20. The minimum absolute atomic E-state index is 0.176. The summed E-state index contributed by atoms with van der Waals surface area (Å²) in [4.78, 5) is 4.75. The molecule has 0 aliphatic carbocycles. The van der Waals surface area contributed by atoms with Crippen LogP contribution in [0.1, 0.15) is 40.5 Å². The van der Waals surface area contributed by atoms with Crippen LogP contribution >= 0.6 is 0 Å². The zero-order valence-electron chi connectivity index (χ0n) is 13.2. The highest BCUT2D eigenvalue weighted by atomic mass is 15.2. The van der Waals surface area contributed by atoms with Crippen molar-refractivity contribution in [3.8, 4) is 6.07 Å². The fourth-order valence-electron chi connectivity index (χ4n) is 1.95. The van der Waals surface area contributed by atoms with Gasteiger partial charge in [-0.25, -0.2) is 0 Å². The molecule has 0 aliphatic heterocycles. The molecule has 3 nitrogen and oxygen atoms in total. The molecule has 0 spiro atoms. The second-order valence-corrected chi connectivity index (χ2v) is 6.60. The van der Waals surface area contributed by atoms with Gasteiger partial charge in [-0.1, -0.05) is 13.8 Å². The number of nitriles is 1. The molecular formula is C15H31N3. The van der Waals surface area contributed by atoms with Crippen molar-refractivity contribution in [1.29, 1.82) is 5.26 Å². The maximum absolute atomic E-state index is 9.01. The summed E-state index contributed by atoms with van der Waals surface area (Å²) in [7, 11) is 4.23. The Bertz CT molecular complexity index is 251. The Kier molecular flexibility index (Phi) is 8.22. The Labute approximate surface area is 114 Å². The van der Waals surface area contributed by atoms with E-state index in [-0.39, 0.29) is 5.41 Å². The van der Waals surface area contributed by atoms with E-state index in [0.29, 0.717) is 5.92 Å². The Balaban J connectivity index is 4.05. The van der Waals surface area contributed by atoms with E-state index in [9.17, 15) is 0 Å². The first-order valence-electron chi connectivity index (χ1n) is 7.05. The van der Waals surface area contributed by atoms with E-state index in [1.807, 2.05) is 13.8 Å². The van der Waals surface area contributed by atoms with Gasteiger partial charge in [-0.15, -0.1) is 0 Å². The maximum atomic E-state index is 9.01. The monoisotopic (exact) mass is 253 g/mol. The molecule has 0 heterocycles. The van der Waals surface area contributed by atoms with Gasteiger partial charge in [0, 0.05) is 19.6 Å². The normalized spacial score (nSPS) is 12.4. The molecule has 3 heteroatoms. The SMILES string of the molecule is CC(C)CN(CCCC(C)(C)C#N)CCN(C)C. The van der Waals surface area contributed by atoms with Crippen molar-refractivity contribution in [3.63, 3.8) is 0 Å². The van der Waals surface area contributed by atoms with Gasteiger partial charge in [0.2, 0.25) is 0 Å². The first kappa shape index (κ1) is 17.4. The van der Waals surface area contributed by atoms with Gasteiger partial charge in [0.25, 0.3) is 0 Å². The number of likely N-dealkylation sites (N-methyl/N-ethyl adjacent to an activating group) is 1. The van der Waals surface area contributed by atoms with Crippen molar-refractivity contribution < 1.29 is 0 Å². The smallest absolute Gasteiger partial charge is 0.0683 e. The van der Waals surface area contributed by atoms with Crippen LogP contribution in [0.3, 0.4) is 0 Å². The van der Waals surface area contributed by atoms with Gasteiger partial charge in [0.1, 0.15) is 0 Å². The minimum Gasteiger partial charge on any atom is -0.308 e. The molecule has 0 saturated carbocycles. The quantitative estimate of drug-likeness (QED) is 0.633. The van der Waals surface area contributed by atoms with Crippen LogP contribution in [0.5, 0.6) is 0 Å². The third-order valence-electron chi connectivity index (χ3n) is 3.07. The van der Waals surface area contributed by atoms with Crippen molar-refractivity contribution in [2.75, 3.05) is 40.3 Å². The molecule has 0 fully saturated rings. The van der Waals surface area contributed by atoms with Crippen LogP contribution in [0, 0.1) is 22.7 Å². The zero-order chi connectivity index (χ0) is 14.2. The topological polar surface area (TPSA) is 30.3 Å². The van der Waals surface area contributed by atoms with Crippen LogP contribution in [0.4, 0.5) is 0 Å². The molecule has 106 valence electrons. The average molecular weight is 253 g/mol. The third kappa shape index (κ3) is 9.44. The van der Waals surface area contributed by atoms with Gasteiger partial charge in [0.05, 0.1) is 11.5 Å². The highest BCUT2D eigenvalue weighted by Gasteiger charge is 2.17. The van der Waals surface area contributed by atoms with E-state index in [1.54, 1.807) is 0 Å². The molecule has 0 radical (unpaired) electrons. The predicted octanol–water partition coefficient (Wildman–Crippen LogP) is 2.84. The molecular weight excluding hydrogens is 222 g/mol. The summed E-state index contributed by atoms with van der Waals surface area (Å²) >= 11 is 0. The van der Waals surface area contributed by atoms with E-state index < -0.39 is 0 Å². The molecule has 0 bridgehead atoms. The molecule has 18 heavy (non-hydrogen) atoms. The summed E-state index contributed by atoms with van der Waals surface area (Å²) < 4.78 is 0. The van der Waals surface area contributed by atoms with Gasteiger partial charge in [-0.3, -0.25) is 0 Å². The number of hydrogen-bond acceptors (Lipinski definition) is 3. The first-order valence-corrected chi connectivity index (χ1v) is 7.05. The lowest BCUT2D eigenvalue weighted by molar-refractivity contribution is 0.209. The molecule has 0 amide bonds. The molecule has 0 atom stereocenters. The van der Waals surface area contributed by atoms with Crippen LogP contribution < -0.4 is 0 Å². The second-order valence-electron chi connectivity index (χ2n) is 6.60. The number of rotatable bonds is 9. The summed E-state index contributed by atoms with van der Waals surface area (Å²) in [5.41, 5.74) is -0.176. The highest BCUT2D eigenvalue weighted by molar-refractivity contribution is 4.91. The largest absolute Gasteiger partial charge is 0.308 e. The summed E-state index contributed by atoms with van der Waals surface area (Å²) in [6, 6.07) is 2.38. The fraction of sp³-hybridized carbons (Fsp3) is 0.933. The lowest BCUT2D eigenvalue weighted by Crippen LogP contribution is -2.35. The van der Waals surface area contributed by atoms with E-state index >= 15 is 0 Å². The summed E-state index contributed by atoms with van der Waals surface area (Å²) in [6.07, 6.45) is 2.10. The first-order chi connectivity index (χ1) is 8.26. The van der Waals surface area contributed by atoms with Crippen LogP contribution in [0.2, 0.25) is 0 Å². The third-order valence-corrected chi connectivity index (χ3v) is 3.07. The molecule has 0 unspecified atom stereocenters. The Morgan fingerprint density at radius 3 is 2.17 bits per heavy atom. The minimum atomic E-state index is -0.176. The van der Waals surface area contributed by atoms with Crippen LogP contribution in [-0.4, -0.2) is 50.1 Å². The van der Waals surface area contributed by atoms with Gasteiger partial charge < -0.3 is 9.80 Å². The lowest BCUT2D eigenvalue weighted by Gasteiger charge is -2.26. The van der Waals surface area contributed by atoms with Gasteiger partial charge in [-0.2, -0.15) is 5.26 Å². The number of hydrogen-bond donors (Lipinski definition) is 0. The van der Waals surface area contributed by atoms with Crippen molar-refractivity contribution in [2.45, 2.75) is 40.5 Å².